The molecular formula is C20H35N4OP. The molecule has 1 aromatic heterocycles. The average molecular weight is 379 g/mol. The number of hydrogen-bond donors (Lipinski definition) is 0. The van der Waals surface area contributed by atoms with Gasteiger partial charge in [-0.05, 0) is 66.5 Å². The largest absolute Gasteiger partial charge is 0.330 e. The number of nitrogens with zero attached hydrogens (tertiary/aromatic N) is 4. The van der Waals surface area contributed by atoms with Gasteiger partial charge in [-0.1, -0.05) is 6.07 Å². The zero-order valence-electron chi connectivity index (χ0n) is 17.4. The van der Waals surface area contributed by atoms with E-state index in [0.29, 0.717) is 37.2 Å². The van der Waals surface area contributed by atoms with Crippen LogP contribution in [0.4, 0.5) is 0 Å². The Hall–Kier alpha value is -1.05. The Morgan fingerprint density at radius 3 is 2.15 bits per heavy atom. The van der Waals surface area contributed by atoms with Crippen molar-refractivity contribution < 1.29 is 4.52 Å². The summed E-state index contributed by atoms with van der Waals surface area (Å²) in [6, 6.07) is 7.71. The van der Waals surface area contributed by atoms with Crippen molar-refractivity contribution in [2.24, 2.45) is 0 Å². The van der Waals surface area contributed by atoms with Crippen LogP contribution in [0, 0.1) is 11.3 Å². The second-order valence-electron chi connectivity index (χ2n) is 7.45. The maximum absolute atomic E-state index is 8.93. The van der Waals surface area contributed by atoms with Crippen LogP contribution in [0.3, 0.4) is 0 Å². The minimum absolute atomic E-state index is 0.312. The number of rotatable bonds is 11. The van der Waals surface area contributed by atoms with Gasteiger partial charge in [-0.25, -0.2) is 9.34 Å². The van der Waals surface area contributed by atoms with Gasteiger partial charge < -0.3 is 4.52 Å². The number of pyridine rings is 1. The molecular weight excluding hydrogens is 343 g/mol. The molecule has 0 N–H and O–H groups in total. The molecule has 0 radical (unpaired) electrons. The van der Waals surface area contributed by atoms with Gasteiger partial charge in [0.05, 0.1) is 19.1 Å². The van der Waals surface area contributed by atoms with Crippen molar-refractivity contribution in [3.8, 4) is 6.07 Å². The summed E-state index contributed by atoms with van der Waals surface area (Å²) < 4.78 is 11.3. The molecule has 0 amide bonds. The van der Waals surface area contributed by atoms with E-state index in [4.69, 9.17) is 9.79 Å². The molecule has 0 aliphatic rings. The third-order valence-electron chi connectivity index (χ3n) is 4.11. The highest BCUT2D eigenvalue weighted by atomic mass is 31.2. The van der Waals surface area contributed by atoms with Crippen LogP contribution in [0.5, 0.6) is 0 Å². The quantitative estimate of drug-likeness (QED) is 0.401. The molecule has 5 nitrogen and oxygen atoms in total. The molecule has 0 saturated heterocycles. The molecule has 1 aromatic rings. The SMILES string of the molecule is CC(C)N(C(C)C)P(OCCC#N)N(C(C)C)C(C)Cc1cccnc1. The lowest BCUT2D eigenvalue weighted by Gasteiger charge is -2.46. The molecule has 0 bridgehead atoms. The highest BCUT2D eigenvalue weighted by molar-refractivity contribution is 7.47. The minimum Gasteiger partial charge on any atom is -0.330 e. The molecule has 0 aliphatic heterocycles. The lowest BCUT2D eigenvalue weighted by Crippen LogP contribution is -2.44. The molecule has 1 heterocycles. The monoisotopic (exact) mass is 378 g/mol. The summed E-state index contributed by atoms with van der Waals surface area (Å²) in [7, 11) is -0.958. The maximum atomic E-state index is 8.93. The molecule has 26 heavy (non-hydrogen) atoms. The van der Waals surface area contributed by atoms with E-state index >= 15 is 0 Å². The summed E-state index contributed by atoms with van der Waals surface area (Å²) in [6.07, 6.45) is 5.10. The van der Waals surface area contributed by atoms with Crippen LogP contribution in [0.1, 0.15) is 60.5 Å². The van der Waals surface area contributed by atoms with Gasteiger partial charge in [0.1, 0.15) is 0 Å². The van der Waals surface area contributed by atoms with Gasteiger partial charge in [-0.3, -0.25) is 4.98 Å². The Labute approximate surface area is 161 Å². The topological polar surface area (TPSA) is 52.4 Å². The van der Waals surface area contributed by atoms with Gasteiger partial charge in [-0.15, -0.1) is 0 Å². The van der Waals surface area contributed by atoms with Crippen LogP contribution in [-0.4, -0.2) is 45.1 Å². The lowest BCUT2D eigenvalue weighted by molar-refractivity contribution is 0.183. The number of aromatic nitrogens is 1. The molecule has 2 unspecified atom stereocenters. The fraction of sp³-hybridized carbons (Fsp3) is 0.700. The van der Waals surface area contributed by atoms with Crippen molar-refractivity contribution >= 4 is 8.45 Å². The third-order valence-corrected chi connectivity index (χ3v) is 7.09. The van der Waals surface area contributed by atoms with Crippen molar-refractivity contribution in [2.45, 2.75) is 85.5 Å². The minimum atomic E-state index is -0.958. The molecule has 1 rings (SSSR count). The second kappa shape index (κ2) is 11.6. The lowest BCUT2D eigenvalue weighted by atomic mass is 10.1. The normalized spacial score (nSPS) is 14.4. The van der Waals surface area contributed by atoms with Crippen molar-refractivity contribution in [1.29, 1.82) is 5.26 Å². The van der Waals surface area contributed by atoms with E-state index in [1.807, 2.05) is 18.5 Å². The maximum Gasteiger partial charge on any atom is 0.188 e. The second-order valence-corrected chi connectivity index (χ2v) is 9.14. The van der Waals surface area contributed by atoms with Crippen LogP contribution >= 0.6 is 8.45 Å². The first-order valence-electron chi connectivity index (χ1n) is 9.54. The highest BCUT2D eigenvalue weighted by Crippen LogP contribution is 2.51. The van der Waals surface area contributed by atoms with Crippen molar-refractivity contribution in [1.82, 2.24) is 14.3 Å². The Kier molecular flexibility index (Phi) is 10.3. The Bertz CT molecular complexity index is 536. The molecule has 0 aromatic carbocycles. The zero-order chi connectivity index (χ0) is 19.7. The smallest absolute Gasteiger partial charge is 0.188 e. The van der Waals surface area contributed by atoms with E-state index < -0.39 is 8.45 Å². The molecule has 146 valence electrons. The fourth-order valence-corrected chi connectivity index (χ4v) is 5.61. The van der Waals surface area contributed by atoms with Gasteiger partial charge in [-0.2, -0.15) is 5.26 Å². The predicted molar refractivity (Wildman–Crippen MR) is 110 cm³/mol. The summed E-state index contributed by atoms with van der Waals surface area (Å²) in [6.45, 7) is 16.0. The van der Waals surface area contributed by atoms with Crippen molar-refractivity contribution in [3.63, 3.8) is 0 Å². The molecule has 2 atom stereocenters. The number of nitriles is 1. The Morgan fingerprint density at radius 2 is 1.69 bits per heavy atom. The van der Waals surface area contributed by atoms with Gasteiger partial charge in [0, 0.05) is 36.6 Å². The van der Waals surface area contributed by atoms with Crippen LogP contribution in [0.2, 0.25) is 0 Å². The van der Waals surface area contributed by atoms with Gasteiger partial charge in [0.2, 0.25) is 0 Å². The fourth-order valence-electron chi connectivity index (χ4n) is 3.25. The summed E-state index contributed by atoms with van der Waals surface area (Å²) >= 11 is 0. The van der Waals surface area contributed by atoms with Crippen molar-refractivity contribution in [3.05, 3.63) is 30.1 Å². The predicted octanol–water partition coefficient (Wildman–Crippen LogP) is 5.00. The van der Waals surface area contributed by atoms with E-state index in [0.717, 1.165) is 6.42 Å². The van der Waals surface area contributed by atoms with E-state index in [1.54, 1.807) is 0 Å². The zero-order valence-corrected chi connectivity index (χ0v) is 18.3. The van der Waals surface area contributed by atoms with E-state index in [-0.39, 0.29) is 0 Å². The highest BCUT2D eigenvalue weighted by Gasteiger charge is 2.35. The summed E-state index contributed by atoms with van der Waals surface area (Å²) in [5, 5.41) is 8.93. The summed E-state index contributed by atoms with van der Waals surface area (Å²) in [4.78, 5) is 4.25. The first kappa shape index (κ1) is 23.0. The molecule has 0 fully saturated rings. The van der Waals surface area contributed by atoms with Crippen LogP contribution in [0.15, 0.2) is 24.5 Å². The number of hydrogen-bond acceptors (Lipinski definition) is 5. The van der Waals surface area contributed by atoms with Crippen LogP contribution in [-0.2, 0) is 10.9 Å². The third kappa shape index (κ3) is 6.93. The standard InChI is InChI=1S/C20H35N4OP/c1-16(2)23(17(3)4)26(25-13-9-11-21)24(18(5)6)19(7)14-20-10-8-12-22-15-20/h8,10,12,15-19H,9,13-14H2,1-7H3. The van der Waals surface area contributed by atoms with Gasteiger partial charge in [0.15, 0.2) is 8.45 Å². The van der Waals surface area contributed by atoms with Crippen LogP contribution in [0.25, 0.3) is 0 Å². The van der Waals surface area contributed by atoms with E-state index in [1.165, 1.54) is 5.56 Å². The first-order chi connectivity index (χ1) is 12.3. The Morgan fingerprint density at radius 1 is 1.08 bits per heavy atom. The van der Waals surface area contributed by atoms with Crippen LogP contribution < -0.4 is 0 Å². The van der Waals surface area contributed by atoms with E-state index in [9.17, 15) is 0 Å². The van der Waals surface area contributed by atoms with Gasteiger partial charge in [0.25, 0.3) is 0 Å². The molecule has 6 heteroatoms. The van der Waals surface area contributed by atoms with Crippen molar-refractivity contribution in [2.75, 3.05) is 6.61 Å². The molecule has 0 saturated carbocycles. The van der Waals surface area contributed by atoms with E-state index in [2.05, 4.69) is 74.9 Å². The molecule has 0 spiro atoms. The average Bonchev–Trinajstić information content (AvgIpc) is 2.54. The summed E-state index contributed by atoms with van der Waals surface area (Å²) in [5.41, 5.74) is 1.23. The summed E-state index contributed by atoms with van der Waals surface area (Å²) in [5.74, 6) is 0. The first-order valence-corrected chi connectivity index (χ1v) is 10.7. The Balaban J connectivity index is 3.10. The molecule has 0 aliphatic carbocycles. The van der Waals surface area contributed by atoms with Gasteiger partial charge >= 0.3 is 0 Å².